The molecule has 2 atom stereocenters. The van der Waals surface area contributed by atoms with Crippen LogP contribution in [0, 0.1) is 0 Å². The monoisotopic (exact) mass is 240 g/mol. The third-order valence-electron chi connectivity index (χ3n) is 3.79. The molecule has 2 aliphatic heterocycles. The summed E-state index contributed by atoms with van der Waals surface area (Å²) in [5, 5.41) is 3.48. The van der Waals surface area contributed by atoms with E-state index in [-0.39, 0.29) is 12.0 Å². The Bertz CT molecular complexity index is 258. The first kappa shape index (κ1) is 12.8. The lowest BCUT2D eigenvalue weighted by Crippen LogP contribution is -2.52. The number of hydrogen-bond acceptors (Lipinski definition) is 4. The SMILES string of the molecule is CCCNCC1CCCCN1C1CCOC1=O. The minimum atomic E-state index is -0.00704. The van der Waals surface area contributed by atoms with E-state index < -0.39 is 0 Å². The van der Waals surface area contributed by atoms with Gasteiger partial charge in [0, 0.05) is 19.0 Å². The highest BCUT2D eigenvalue weighted by Crippen LogP contribution is 2.24. The molecule has 0 saturated carbocycles. The minimum absolute atomic E-state index is 0.00704. The highest BCUT2D eigenvalue weighted by atomic mass is 16.5. The topological polar surface area (TPSA) is 41.6 Å². The molecule has 2 fully saturated rings. The summed E-state index contributed by atoms with van der Waals surface area (Å²) < 4.78 is 5.09. The van der Waals surface area contributed by atoms with Gasteiger partial charge in [-0.25, -0.2) is 0 Å². The van der Waals surface area contributed by atoms with Crippen LogP contribution in [-0.2, 0) is 9.53 Å². The van der Waals surface area contributed by atoms with Crippen molar-refractivity contribution in [1.29, 1.82) is 0 Å². The van der Waals surface area contributed by atoms with Crippen molar-refractivity contribution in [1.82, 2.24) is 10.2 Å². The van der Waals surface area contributed by atoms with E-state index in [2.05, 4.69) is 17.1 Å². The lowest BCUT2D eigenvalue weighted by Gasteiger charge is -2.38. The molecule has 2 rings (SSSR count). The Balaban J connectivity index is 1.89. The molecule has 0 bridgehead atoms. The fourth-order valence-corrected chi connectivity index (χ4v) is 2.88. The van der Waals surface area contributed by atoms with E-state index in [1.54, 1.807) is 0 Å². The van der Waals surface area contributed by atoms with E-state index in [1.165, 1.54) is 19.3 Å². The molecule has 0 spiro atoms. The average Bonchev–Trinajstić information content (AvgIpc) is 2.76. The number of nitrogens with one attached hydrogen (secondary N) is 1. The molecule has 2 saturated heterocycles. The number of carbonyl (C=O) groups excluding carboxylic acids is 1. The molecule has 0 radical (unpaired) electrons. The van der Waals surface area contributed by atoms with Gasteiger partial charge in [-0.3, -0.25) is 9.69 Å². The van der Waals surface area contributed by atoms with Crippen molar-refractivity contribution in [3.05, 3.63) is 0 Å². The quantitative estimate of drug-likeness (QED) is 0.578. The van der Waals surface area contributed by atoms with Crippen LogP contribution in [0.3, 0.4) is 0 Å². The van der Waals surface area contributed by atoms with Crippen LogP contribution in [0.25, 0.3) is 0 Å². The summed E-state index contributed by atoms with van der Waals surface area (Å²) in [6.45, 7) is 5.92. The van der Waals surface area contributed by atoms with Crippen molar-refractivity contribution in [3.8, 4) is 0 Å². The number of cyclic esters (lactones) is 1. The number of piperidine rings is 1. The van der Waals surface area contributed by atoms with Crippen LogP contribution in [0.2, 0.25) is 0 Å². The Labute approximate surface area is 104 Å². The van der Waals surface area contributed by atoms with E-state index in [0.717, 1.165) is 32.5 Å². The molecule has 0 aromatic carbocycles. The van der Waals surface area contributed by atoms with Gasteiger partial charge in [-0.05, 0) is 32.4 Å². The van der Waals surface area contributed by atoms with Crippen molar-refractivity contribution in [2.75, 3.05) is 26.2 Å². The van der Waals surface area contributed by atoms with E-state index >= 15 is 0 Å². The van der Waals surface area contributed by atoms with Gasteiger partial charge in [0.1, 0.15) is 6.04 Å². The largest absolute Gasteiger partial charge is 0.464 e. The maximum absolute atomic E-state index is 11.7. The Morgan fingerprint density at radius 3 is 3.00 bits per heavy atom. The Kier molecular flexibility index (Phi) is 4.80. The summed E-state index contributed by atoms with van der Waals surface area (Å²) >= 11 is 0. The van der Waals surface area contributed by atoms with Crippen molar-refractivity contribution < 1.29 is 9.53 Å². The third kappa shape index (κ3) is 3.19. The van der Waals surface area contributed by atoms with Crippen LogP contribution in [0.1, 0.15) is 39.0 Å². The molecule has 2 aliphatic rings. The van der Waals surface area contributed by atoms with E-state index in [9.17, 15) is 4.79 Å². The molecule has 1 N–H and O–H groups in total. The summed E-state index contributed by atoms with van der Waals surface area (Å²) in [6.07, 6.45) is 5.76. The predicted molar refractivity (Wildman–Crippen MR) is 66.9 cm³/mol. The van der Waals surface area contributed by atoms with Crippen LogP contribution in [0.5, 0.6) is 0 Å². The molecular formula is C13H24N2O2. The normalized spacial score (nSPS) is 30.5. The lowest BCUT2D eigenvalue weighted by atomic mass is 9.99. The standard InChI is InChI=1S/C13H24N2O2/c1-2-7-14-10-11-5-3-4-8-15(11)12-6-9-17-13(12)16/h11-12,14H,2-10H2,1H3. The molecule has 2 heterocycles. The fraction of sp³-hybridized carbons (Fsp3) is 0.923. The molecule has 98 valence electrons. The Morgan fingerprint density at radius 1 is 1.41 bits per heavy atom. The van der Waals surface area contributed by atoms with E-state index in [1.807, 2.05) is 0 Å². The molecule has 0 aromatic heterocycles. The molecule has 17 heavy (non-hydrogen) atoms. The van der Waals surface area contributed by atoms with Crippen molar-refractivity contribution in [3.63, 3.8) is 0 Å². The van der Waals surface area contributed by atoms with Crippen LogP contribution in [0.15, 0.2) is 0 Å². The minimum Gasteiger partial charge on any atom is -0.464 e. The number of esters is 1. The van der Waals surface area contributed by atoms with Crippen molar-refractivity contribution in [2.24, 2.45) is 0 Å². The molecule has 4 heteroatoms. The first-order valence-electron chi connectivity index (χ1n) is 6.96. The Hall–Kier alpha value is -0.610. The van der Waals surface area contributed by atoms with Gasteiger partial charge in [0.2, 0.25) is 0 Å². The zero-order chi connectivity index (χ0) is 12.1. The smallest absolute Gasteiger partial charge is 0.323 e. The first-order valence-corrected chi connectivity index (χ1v) is 6.96. The molecule has 0 amide bonds. The maximum atomic E-state index is 11.7. The summed E-state index contributed by atoms with van der Waals surface area (Å²) in [5.74, 6) is -0.00704. The third-order valence-corrected chi connectivity index (χ3v) is 3.79. The first-order chi connectivity index (χ1) is 8.33. The van der Waals surface area contributed by atoms with E-state index in [4.69, 9.17) is 4.74 Å². The summed E-state index contributed by atoms with van der Waals surface area (Å²) in [5.41, 5.74) is 0. The molecule has 0 aromatic rings. The van der Waals surface area contributed by atoms with Gasteiger partial charge in [0.05, 0.1) is 6.61 Å². The van der Waals surface area contributed by atoms with Crippen molar-refractivity contribution >= 4 is 5.97 Å². The fourth-order valence-electron chi connectivity index (χ4n) is 2.88. The maximum Gasteiger partial charge on any atom is 0.323 e. The number of hydrogen-bond donors (Lipinski definition) is 1. The molecule has 0 aliphatic carbocycles. The van der Waals surface area contributed by atoms with Crippen LogP contribution >= 0.6 is 0 Å². The van der Waals surface area contributed by atoms with Gasteiger partial charge in [-0.2, -0.15) is 0 Å². The van der Waals surface area contributed by atoms with Gasteiger partial charge < -0.3 is 10.1 Å². The van der Waals surface area contributed by atoms with Gasteiger partial charge in [0.25, 0.3) is 0 Å². The average molecular weight is 240 g/mol. The number of nitrogens with zero attached hydrogens (tertiary/aromatic N) is 1. The summed E-state index contributed by atoms with van der Waals surface area (Å²) in [4.78, 5) is 14.0. The number of carbonyl (C=O) groups is 1. The van der Waals surface area contributed by atoms with Crippen LogP contribution in [0.4, 0.5) is 0 Å². The second-order valence-electron chi connectivity index (χ2n) is 5.06. The van der Waals surface area contributed by atoms with Crippen LogP contribution in [-0.4, -0.2) is 49.2 Å². The number of ether oxygens (including phenoxy) is 1. The van der Waals surface area contributed by atoms with Crippen molar-refractivity contribution in [2.45, 2.75) is 51.1 Å². The molecule has 2 unspecified atom stereocenters. The molecule has 4 nitrogen and oxygen atoms in total. The molecular weight excluding hydrogens is 216 g/mol. The summed E-state index contributed by atoms with van der Waals surface area (Å²) in [6, 6.07) is 0.551. The van der Waals surface area contributed by atoms with Gasteiger partial charge in [-0.15, -0.1) is 0 Å². The van der Waals surface area contributed by atoms with Gasteiger partial charge in [-0.1, -0.05) is 13.3 Å². The number of likely N-dealkylation sites (tertiary alicyclic amines) is 1. The van der Waals surface area contributed by atoms with Gasteiger partial charge in [0.15, 0.2) is 0 Å². The second kappa shape index (κ2) is 6.36. The van der Waals surface area contributed by atoms with Crippen LogP contribution < -0.4 is 5.32 Å². The zero-order valence-corrected chi connectivity index (χ0v) is 10.8. The highest BCUT2D eigenvalue weighted by Gasteiger charge is 2.36. The second-order valence-corrected chi connectivity index (χ2v) is 5.06. The number of rotatable bonds is 5. The summed E-state index contributed by atoms with van der Waals surface area (Å²) in [7, 11) is 0. The highest BCUT2D eigenvalue weighted by molar-refractivity contribution is 5.77. The predicted octanol–water partition coefficient (Wildman–Crippen LogP) is 1.16. The zero-order valence-electron chi connectivity index (χ0n) is 10.8. The Morgan fingerprint density at radius 2 is 2.29 bits per heavy atom. The van der Waals surface area contributed by atoms with E-state index in [0.29, 0.717) is 12.6 Å². The van der Waals surface area contributed by atoms with Gasteiger partial charge >= 0.3 is 5.97 Å². The lowest BCUT2D eigenvalue weighted by molar-refractivity contribution is -0.143.